The van der Waals surface area contributed by atoms with Gasteiger partial charge in [-0.05, 0) is 28.6 Å². The molecular formula is C16H8N4O2. The van der Waals surface area contributed by atoms with Gasteiger partial charge in [0.25, 0.3) is 0 Å². The van der Waals surface area contributed by atoms with Crippen molar-refractivity contribution in [1.82, 2.24) is 20.0 Å². The first kappa shape index (κ1) is 11.4. The van der Waals surface area contributed by atoms with Crippen LogP contribution in [0.3, 0.4) is 0 Å². The third kappa shape index (κ3) is 1.28. The number of fused-ring (bicyclic) bond motifs is 8. The van der Waals surface area contributed by atoms with E-state index in [2.05, 4.69) is 15.5 Å². The Balaban J connectivity index is 2.28. The summed E-state index contributed by atoms with van der Waals surface area (Å²) in [5, 5.41) is 14.8. The van der Waals surface area contributed by atoms with Crippen molar-refractivity contribution in [2.45, 2.75) is 0 Å². The van der Waals surface area contributed by atoms with Crippen LogP contribution in [0.1, 0.15) is 0 Å². The summed E-state index contributed by atoms with van der Waals surface area (Å²) in [6.07, 6.45) is 0. The number of pyridine rings is 1. The summed E-state index contributed by atoms with van der Waals surface area (Å²) in [5.74, 6) is 0. The van der Waals surface area contributed by atoms with Gasteiger partial charge in [0.15, 0.2) is 11.2 Å². The normalized spacial score (nSPS) is 11.8. The number of nitrogens with zero attached hydrogens (tertiary/aromatic N) is 4. The predicted molar refractivity (Wildman–Crippen MR) is 81.8 cm³/mol. The van der Waals surface area contributed by atoms with Crippen molar-refractivity contribution in [3.05, 3.63) is 59.0 Å². The lowest BCUT2D eigenvalue weighted by molar-refractivity contribution is 0.572. The molecule has 6 heteroatoms. The quantitative estimate of drug-likeness (QED) is 0.409. The summed E-state index contributed by atoms with van der Waals surface area (Å²) in [6.45, 7) is 0. The maximum atomic E-state index is 12.3. The molecule has 0 aliphatic carbocycles. The van der Waals surface area contributed by atoms with Crippen molar-refractivity contribution in [2.75, 3.05) is 0 Å². The van der Waals surface area contributed by atoms with Crippen LogP contribution in [-0.4, -0.2) is 20.0 Å². The average molecular weight is 288 g/mol. The molecule has 6 nitrogen and oxygen atoms in total. The lowest BCUT2D eigenvalue weighted by Crippen LogP contribution is -2.02. The molecule has 0 atom stereocenters. The molecule has 5 rings (SSSR count). The molecular weight excluding hydrogens is 280 g/mol. The number of rotatable bonds is 0. The standard InChI is InChI=1S/C16H8N4O2/c21-16-10-6-2-1-5-9(10)13-14(22-16)11-7-3-4-8-12(11)20-15(13)17-18-19-20/h1-8H. The maximum Gasteiger partial charge on any atom is 0.344 e. The van der Waals surface area contributed by atoms with Crippen molar-refractivity contribution in [3.63, 3.8) is 0 Å². The predicted octanol–water partition coefficient (Wildman–Crippen LogP) is 2.54. The van der Waals surface area contributed by atoms with Gasteiger partial charge >= 0.3 is 5.63 Å². The Bertz CT molecular complexity index is 1250. The molecule has 0 unspecified atom stereocenters. The summed E-state index contributed by atoms with van der Waals surface area (Å²) in [5.41, 5.74) is 1.54. The molecule has 2 aromatic carbocycles. The second-order valence-electron chi connectivity index (χ2n) is 5.07. The molecule has 0 fully saturated rings. The van der Waals surface area contributed by atoms with Crippen molar-refractivity contribution in [3.8, 4) is 0 Å². The minimum absolute atomic E-state index is 0.356. The van der Waals surface area contributed by atoms with E-state index in [4.69, 9.17) is 4.42 Å². The van der Waals surface area contributed by atoms with Crippen LogP contribution >= 0.6 is 0 Å². The molecule has 0 saturated heterocycles. The van der Waals surface area contributed by atoms with Gasteiger partial charge in [0, 0.05) is 10.8 Å². The molecule has 3 heterocycles. The number of benzene rings is 2. The zero-order valence-electron chi connectivity index (χ0n) is 11.2. The Kier molecular flexibility index (Phi) is 2.01. The summed E-state index contributed by atoms with van der Waals surface area (Å²) >= 11 is 0. The second-order valence-corrected chi connectivity index (χ2v) is 5.07. The molecule has 0 aliphatic rings. The van der Waals surface area contributed by atoms with Gasteiger partial charge in [-0.15, -0.1) is 5.10 Å². The molecule has 0 saturated carbocycles. The van der Waals surface area contributed by atoms with Crippen molar-refractivity contribution in [1.29, 1.82) is 0 Å². The van der Waals surface area contributed by atoms with Crippen LogP contribution < -0.4 is 5.63 Å². The van der Waals surface area contributed by atoms with E-state index in [0.717, 1.165) is 21.7 Å². The Labute approximate surface area is 122 Å². The monoisotopic (exact) mass is 288 g/mol. The highest BCUT2D eigenvalue weighted by atomic mass is 16.4. The van der Waals surface area contributed by atoms with Gasteiger partial charge in [0.2, 0.25) is 0 Å². The van der Waals surface area contributed by atoms with Gasteiger partial charge in [-0.3, -0.25) is 0 Å². The first-order chi connectivity index (χ1) is 10.8. The van der Waals surface area contributed by atoms with Crippen LogP contribution in [0.2, 0.25) is 0 Å². The van der Waals surface area contributed by atoms with E-state index >= 15 is 0 Å². The summed E-state index contributed by atoms with van der Waals surface area (Å²) in [6, 6.07) is 14.9. The molecule has 104 valence electrons. The Morgan fingerprint density at radius 2 is 1.64 bits per heavy atom. The van der Waals surface area contributed by atoms with E-state index in [0.29, 0.717) is 16.6 Å². The van der Waals surface area contributed by atoms with Gasteiger partial charge in [0.05, 0.1) is 16.3 Å². The third-order valence-corrected chi connectivity index (χ3v) is 3.91. The van der Waals surface area contributed by atoms with E-state index in [1.165, 1.54) is 0 Å². The van der Waals surface area contributed by atoms with Gasteiger partial charge in [-0.1, -0.05) is 30.3 Å². The molecule has 0 bridgehead atoms. The van der Waals surface area contributed by atoms with Gasteiger partial charge < -0.3 is 4.42 Å². The van der Waals surface area contributed by atoms with Crippen LogP contribution in [-0.2, 0) is 0 Å². The summed E-state index contributed by atoms with van der Waals surface area (Å²) in [4.78, 5) is 12.3. The highest BCUT2D eigenvalue weighted by molar-refractivity contribution is 6.18. The van der Waals surface area contributed by atoms with E-state index in [9.17, 15) is 4.79 Å². The number of para-hydroxylation sites is 1. The molecule has 0 aliphatic heterocycles. The average Bonchev–Trinajstić information content (AvgIpc) is 3.05. The van der Waals surface area contributed by atoms with E-state index in [-0.39, 0.29) is 5.63 Å². The SMILES string of the molecule is O=c1oc2c3ccccc3n3nnnc3c2c2ccccc12. The Morgan fingerprint density at radius 1 is 0.909 bits per heavy atom. The highest BCUT2D eigenvalue weighted by Crippen LogP contribution is 2.31. The minimum Gasteiger partial charge on any atom is -0.421 e. The van der Waals surface area contributed by atoms with E-state index in [1.807, 2.05) is 42.5 Å². The molecule has 22 heavy (non-hydrogen) atoms. The molecule has 5 aromatic rings. The van der Waals surface area contributed by atoms with Crippen molar-refractivity contribution < 1.29 is 4.42 Å². The summed E-state index contributed by atoms with van der Waals surface area (Å²) < 4.78 is 7.27. The summed E-state index contributed by atoms with van der Waals surface area (Å²) in [7, 11) is 0. The molecule has 0 N–H and O–H groups in total. The van der Waals surface area contributed by atoms with Gasteiger partial charge in [-0.2, -0.15) is 4.52 Å². The Morgan fingerprint density at radius 3 is 2.50 bits per heavy atom. The lowest BCUT2D eigenvalue weighted by atomic mass is 10.1. The lowest BCUT2D eigenvalue weighted by Gasteiger charge is -2.07. The highest BCUT2D eigenvalue weighted by Gasteiger charge is 2.16. The topological polar surface area (TPSA) is 73.3 Å². The number of hydrogen-bond acceptors (Lipinski definition) is 5. The first-order valence-electron chi connectivity index (χ1n) is 6.79. The van der Waals surface area contributed by atoms with Crippen LogP contribution in [0, 0.1) is 0 Å². The van der Waals surface area contributed by atoms with Crippen molar-refractivity contribution in [2.24, 2.45) is 0 Å². The molecule has 0 radical (unpaired) electrons. The van der Waals surface area contributed by atoms with E-state index < -0.39 is 0 Å². The third-order valence-electron chi connectivity index (χ3n) is 3.91. The van der Waals surface area contributed by atoms with Crippen molar-refractivity contribution >= 4 is 38.3 Å². The van der Waals surface area contributed by atoms with Crippen LogP contribution in [0.4, 0.5) is 0 Å². The first-order valence-corrected chi connectivity index (χ1v) is 6.79. The smallest absolute Gasteiger partial charge is 0.344 e. The zero-order valence-corrected chi connectivity index (χ0v) is 11.2. The second kappa shape index (κ2) is 3.88. The molecule has 0 amide bonds. The fourth-order valence-electron chi connectivity index (χ4n) is 2.97. The van der Waals surface area contributed by atoms with Crippen LogP contribution in [0.5, 0.6) is 0 Å². The van der Waals surface area contributed by atoms with Gasteiger partial charge in [-0.25, -0.2) is 4.79 Å². The molecule has 3 aromatic heterocycles. The number of tetrazole rings is 1. The Hall–Kier alpha value is -3.28. The van der Waals surface area contributed by atoms with E-state index in [1.54, 1.807) is 10.6 Å². The zero-order chi connectivity index (χ0) is 14.7. The number of aromatic nitrogens is 4. The molecule has 0 spiro atoms. The largest absolute Gasteiger partial charge is 0.421 e. The van der Waals surface area contributed by atoms with Crippen LogP contribution in [0.25, 0.3) is 38.3 Å². The minimum atomic E-state index is -0.356. The number of hydrogen-bond donors (Lipinski definition) is 0. The maximum absolute atomic E-state index is 12.3. The van der Waals surface area contributed by atoms with Gasteiger partial charge in [0.1, 0.15) is 0 Å². The fourth-order valence-corrected chi connectivity index (χ4v) is 2.97. The fraction of sp³-hybridized carbons (Fsp3) is 0. The van der Waals surface area contributed by atoms with Crippen LogP contribution in [0.15, 0.2) is 57.7 Å².